The SMILES string of the molecule is NCC1(NCCCO)CCCCC1. The van der Waals surface area contributed by atoms with Crippen molar-refractivity contribution in [2.24, 2.45) is 5.73 Å². The Morgan fingerprint density at radius 1 is 1.23 bits per heavy atom. The molecule has 0 radical (unpaired) electrons. The lowest BCUT2D eigenvalue weighted by atomic mass is 9.81. The van der Waals surface area contributed by atoms with Crippen LogP contribution >= 0.6 is 0 Å². The molecular weight excluding hydrogens is 164 g/mol. The lowest BCUT2D eigenvalue weighted by Crippen LogP contribution is -2.52. The van der Waals surface area contributed by atoms with E-state index in [0.29, 0.717) is 0 Å². The molecule has 3 heteroatoms. The van der Waals surface area contributed by atoms with Crippen molar-refractivity contribution in [3.63, 3.8) is 0 Å². The van der Waals surface area contributed by atoms with Gasteiger partial charge in [0.2, 0.25) is 0 Å². The van der Waals surface area contributed by atoms with Crippen molar-refractivity contribution in [1.29, 1.82) is 0 Å². The van der Waals surface area contributed by atoms with E-state index >= 15 is 0 Å². The Bertz CT molecular complexity index is 133. The molecule has 4 N–H and O–H groups in total. The molecule has 0 aliphatic heterocycles. The lowest BCUT2D eigenvalue weighted by molar-refractivity contribution is 0.223. The molecule has 1 fully saturated rings. The molecule has 13 heavy (non-hydrogen) atoms. The van der Waals surface area contributed by atoms with E-state index in [0.717, 1.165) is 19.5 Å². The average Bonchev–Trinajstić information content (AvgIpc) is 2.20. The Morgan fingerprint density at radius 2 is 1.92 bits per heavy atom. The van der Waals surface area contributed by atoms with E-state index in [-0.39, 0.29) is 12.1 Å². The summed E-state index contributed by atoms with van der Waals surface area (Å²) in [6, 6.07) is 0. The minimum Gasteiger partial charge on any atom is -0.396 e. The van der Waals surface area contributed by atoms with Crippen LogP contribution in [-0.4, -0.2) is 30.3 Å². The predicted octanol–water partition coefficient (Wildman–Crippen LogP) is 0.620. The molecule has 1 rings (SSSR count). The molecule has 1 saturated carbocycles. The highest BCUT2D eigenvalue weighted by Crippen LogP contribution is 2.26. The van der Waals surface area contributed by atoms with E-state index in [1.165, 1.54) is 32.1 Å². The second-order valence-corrected chi connectivity index (χ2v) is 4.05. The van der Waals surface area contributed by atoms with Gasteiger partial charge in [0.1, 0.15) is 0 Å². The van der Waals surface area contributed by atoms with Crippen molar-refractivity contribution >= 4 is 0 Å². The van der Waals surface area contributed by atoms with Crippen molar-refractivity contribution in [1.82, 2.24) is 5.32 Å². The summed E-state index contributed by atoms with van der Waals surface area (Å²) in [5, 5.41) is 12.2. The second-order valence-electron chi connectivity index (χ2n) is 4.05. The molecule has 0 bridgehead atoms. The number of rotatable bonds is 5. The third-order valence-electron chi connectivity index (χ3n) is 3.04. The van der Waals surface area contributed by atoms with E-state index < -0.39 is 0 Å². The molecule has 0 unspecified atom stereocenters. The summed E-state index contributed by atoms with van der Waals surface area (Å²) in [6.45, 7) is 1.90. The number of hydrogen-bond donors (Lipinski definition) is 3. The molecule has 0 aromatic rings. The number of nitrogens with two attached hydrogens (primary N) is 1. The van der Waals surface area contributed by atoms with Gasteiger partial charge in [0.15, 0.2) is 0 Å². The predicted molar refractivity (Wildman–Crippen MR) is 54.6 cm³/mol. The molecule has 0 atom stereocenters. The van der Waals surface area contributed by atoms with Gasteiger partial charge >= 0.3 is 0 Å². The van der Waals surface area contributed by atoms with Crippen molar-refractivity contribution in [2.45, 2.75) is 44.1 Å². The summed E-state index contributed by atoms with van der Waals surface area (Å²) in [6.07, 6.45) is 7.18. The number of aliphatic hydroxyl groups excluding tert-OH is 1. The van der Waals surface area contributed by atoms with Gasteiger partial charge in [0.25, 0.3) is 0 Å². The smallest absolute Gasteiger partial charge is 0.0443 e. The third kappa shape index (κ3) is 3.25. The van der Waals surface area contributed by atoms with Gasteiger partial charge < -0.3 is 16.2 Å². The standard InChI is InChI=1S/C10H22N2O/c11-9-10(12-7-4-8-13)5-2-1-3-6-10/h12-13H,1-9,11H2. The second kappa shape index (κ2) is 5.58. The van der Waals surface area contributed by atoms with E-state index in [1.807, 2.05) is 0 Å². The lowest BCUT2D eigenvalue weighted by Gasteiger charge is -2.37. The average molecular weight is 186 g/mol. The van der Waals surface area contributed by atoms with Gasteiger partial charge in [-0.15, -0.1) is 0 Å². The van der Waals surface area contributed by atoms with Gasteiger partial charge in [0, 0.05) is 18.7 Å². The van der Waals surface area contributed by atoms with Crippen LogP contribution in [0.25, 0.3) is 0 Å². The Hall–Kier alpha value is -0.120. The molecule has 78 valence electrons. The van der Waals surface area contributed by atoms with Crippen LogP contribution in [0.3, 0.4) is 0 Å². The first-order valence-corrected chi connectivity index (χ1v) is 5.39. The van der Waals surface area contributed by atoms with Crippen LogP contribution in [0.1, 0.15) is 38.5 Å². The summed E-state index contributed by atoms with van der Waals surface area (Å²) < 4.78 is 0. The van der Waals surface area contributed by atoms with Crippen LogP contribution in [0, 0.1) is 0 Å². The van der Waals surface area contributed by atoms with E-state index in [9.17, 15) is 0 Å². The van der Waals surface area contributed by atoms with Crippen molar-refractivity contribution in [3.05, 3.63) is 0 Å². The van der Waals surface area contributed by atoms with Crippen LogP contribution in [0.2, 0.25) is 0 Å². The fraction of sp³-hybridized carbons (Fsp3) is 1.00. The molecule has 0 saturated heterocycles. The Kier molecular flexibility index (Phi) is 4.70. The normalized spacial score (nSPS) is 21.7. The van der Waals surface area contributed by atoms with Crippen LogP contribution in [0.5, 0.6) is 0 Å². The molecule has 1 aliphatic carbocycles. The zero-order valence-corrected chi connectivity index (χ0v) is 8.39. The van der Waals surface area contributed by atoms with E-state index in [1.54, 1.807) is 0 Å². The minimum absolute atomic E-state index is 0.188. The summed E-state index contributed by atoms with van der Waals surface area (Å²) >= 11 is 0. The molecule has 0 aromatic heterocycles. The van der Waals surface area contributed by atoms with Crippen LogP contribution in [0.4, 0.5) is 0 Å². The first-order valence-electron chi connectivity index (χ1n) is 5.39. The first kappa shape index (κ1) is 11.0. The van der Waals surface area contributed by atoms with Gasteiger partial charge in [0.05, 0.1) is 0 Å². The molecule has 3 nitrogen and oxygen atoms in total. The van der Waals surface area contributed by atoms with Crippen molar-refractivity contribution < 1.29 is 5.11 Å². The molecule has 0 heterocycles. The number of aliphatic hydroxyl groups is 1. The Balaban J connectivity index is 2.29. The highest BCUT2D eigenvalue weighted by Gasteiger charge is 2.29. The maximum absolute atomic E-state index is 8.68. The molecule has 1 aliphatic rings. The largest absolute Gasteiger partial charge is 0.396 e. The third-order valence-corrected chi connectivity index (χ3v) is 3.04. The van der Waals surface area contributed by atoms with Gasteiger partial charge in [-0.3, -0.25) is 0 Å². The maximum atomic E-state index is 8.68. The monoisotopic (exact) mass is 186 g/mol. The molecular formula is C10H22N2O. The van der Waals surface area contributed by atoms with Crippen LogP contribution in [-0.2, 0) is 0 Å². The highest BCUT2D eigenvalue weighted by atomic mass is 16.3. The number of nitrogens with one attached hydrogen (secondary N) is 1. The van der Waals surface area contributed by atoms with Gasteiger partial charge in [-0.05, 0) is 25.8 Å². The quantitative estimate of drug-likeness (QED) is 0.552. The summed E-state index contributed by atoms with van der Waals surface area (Å²) in [5.74, 6) is 0. The molecule has 0 spiro atoms. The molecule has 0 amide bonds. The van der Waals surface area contributed by atoms with Crippen molar-refractivity contribution in [3.8, 4) is 0 Å². The zero-order valence-electron chi connectivity index (χ0n) is 8.39. The van der Waals surface area contributed by atoms with Gasteiger partial charge in [-0.25, -0.2) is 0 Å². The Morgan fingerprint density at radius 3 is 2.46 bits per heavy atom. The Labute approximate surface area is 80.7 Å². The number of hydrogen-bond acceptors (Lipinski definition) is 3. The summed E-state index contributed by atoms with van der Waals surface area (Å²) in [4.78, 5) is 0. The fourth-order valence-corrected chi connectivity index (χ4v) is 2.11. The summed E-state index contributed by atoms with van der Waals surface area (Å²) in [7, 11) is 0. The first-order chi connectivity index (χ1) is 6.33. The van der Waals surface area contributed by atoms with E-state index in [2.05, 4.69) is 5.32 Å². The van der Waals surface area contributed by atoms with Gasteiger partial charge in [-0.1, -0.05) is 19.3 Å². The van der Waals surface area contributed by atoms with Crippen molar-refractivity contribution in [2.75, 3.05) is 19.7 Å². The molecule has 0 aromatic carbocycles. The maximum Gasteiger partial charge on any atom is 0.0443 e. The topological polar surface area (TPSA) is 58.3 Å². The van der Waals surface area contributed by atoms with Crippen LogP contribution < -0.4 is 11.1 Å². The zero-order chi connectivity index (χ0) is 9.57. The highest BCUT2D eigenvalue weighted by molar-refractivity contribution is 4.91. The van der Waals surface area contributed by atoms with Gasteiger partial charge in [-0.2, -0.15) is 0 Å². The van der Waals surface area contributed by atoms with Crippen LogP contribution in [0.15, 0.2) is 0 Å². The minimum atomic E-state index is 0.188. The van der Waals surface area contributed by atoms with E-state index in [4.69, 9.17) is 10.8 Å². The fourth-order valence-electron chi connectivity index (χ4n) is 2.11. The summed E-state index contributed by atoms with van der Waals surface area (Å²) in [5.41, 5.74) is 5.98.